The maximum atomic E-state index is 5.25. The molecule has 3 rings (SSSR count). The van der Waals surface area contributed by atoms with Crippen LogP contribution in [0.5, 0.6) is 5.75 Å². The van der Waals surface area contributed by atoms with Crippen molar-refractivity contribution < 1.29 is 4.74 Å². The third kappa shape index (κ3) is 2.38. The van der Waals surface area contributed by atoms with Crippen molar-refractivity contribution in [1.82, 2.24) is 5.32 Å². The highest BCUT2D eigenvalue weighted by Gasteiger charge is 2.59. The van der Waals surface area contributed by atoms with E-state index < -0.39 is 0 Å². The van der Waals surface area contributed by atoms with Crippen molar-refractivity contribution in [3.8, 4) is 5.75 Å². The lowest BCUT2D eigenvalue weighted by molar-refractivity contribution is 0.100. The van der Waals surface area contributed by atoms with Crippen molar-refractivity contribution in [3.63, 3.8) is 0 Å². The van der Waals surface area contributed by atoms with Crippen LogP contribution in [0.4, 0.5) is 0 Å². The van der Waals surface area contributed by atoms with Gasteiger partial charge in [-0.15, -0.1) is 0 Å². The normalized spacial score (nSPS) is 34.9. The van der Waals surface area contributed by atoms with E-state index in [9.17, 15) is 0 Å². The maximum absolute atomic E-state index is 5.25. The molecule has 2 heteroatoms. The molecule has 1 aromatic carbocycles. The third-order valence-electron chi connectivity index (χ3n) is 6.30. The Bertz CT molecular complexity index is 502. The molecule has 21 heavy (non-hydrogen) atoms. The fraction of sp³-hybridized carbons (Fsp3) is 0.684. The number of benzene rings is 1. The highest BCUT2D eigenvalue weighted by molar-refractivity contribution is 5.29. The summed E-state index contributed by atoms with van der Waals surface area (Å²) < 4.78 is 5.25. The highest BCUT2D eigenvalue weighted by atomic mass is 16.5. The van der Waals surface area contributed by atoms with Gasteiger partial charge in [-0.05, 0) is 60.6 Å². The maximum Gasteiger partial charge on any atom is 0.118 e. The van der Waals surface area contributed by atoms with Crippen LogP contribution in [-0.4, -0.2) is 13.2 Å². The average molecular weight is 287 g/mol. The van der Waals surface area contributed by atoms with E-state index in [2.05, 4.69) is 57.3 Å². The Hall–Kier alpha value is -1.02. The van der Waals surface area contributed by atoms with Crippen LogP contribution in [0.1, 0.15) is 58.6 Å². The first-order valence-electron chi connectivity index (χ1n) is 8.27. The summed E-state index contributed by atoms with van der Waals surface area (Å²) in [4.78, 5) is 0. The molecule has 0 spiro atoms. The zero-order valence-corrected chi connectivity index (χ0v) is 14.1. The number of ether oxygens (including phenoxy) is 1. The van der Waals surface area contributed by atoms with Crippen LogP contribution < -0.4 is 10.1 Å². The summed E-state index contributed by atoms with van der Waals surface area (Å²) in [5.74, 6) is 1.82. The van der Waals surface area contributed by atoms with Gasteiger partial charge in [-0.25, -0.2) is 0 Å². The van der Waals surface area contributed by atoms with E-state index in [0.29, 0.717) is 22.9 Å². The van der Waals surface area contributed by atoms with Gasteiger partial charge in [0, 0.05) is 12.1 Å². The van der Waals surface area contributed by atoms with Gasteiger partial charge in [0.25, 0.3) is 0 Å². The van der Waals surface area contributed by atoms with Crippen LogP contribution in [-0.2, 0) is 0 Å². The van der Waals surface area contributed by atoms with Gasteiger partial charge in [-0.2, -0.15) is 0 Å². The van der Waals surface area contributed by atoms with Crippen LogP contribution in [0.25, 0.3) is 0 Å². The van der Waals surface area contributed by atoms with Crippen LogP contribution in [0.2, 0.25) is 0 Å². The van der Waals surface area contributed by atoms with Crippen molar-refractivity contribution in [2.45, 2.75) is 59.0 Å². The average Bonchev–Trinajstić information content (AvgIpc) is 2.94. The smallest absolute Gasteiger partial charge is 0.118 e. The first-order chi connectivity index (χ1) is 9.87. The first kappa shape index (κ1) is 14.9. The molecule has 0 heterocycles. The minimum Gasteiger partial charge on any atom is -0.497 e. The van der Waals surface area contributed by atoms with E-state index in [0.717, 1.165) is 11.7 Å². The molecular weight excluding hydrogens is 258 g/mol. The predicted molar refractivity (Wildman–Crippen MR) is 87.6 cm³/mol. The Balaban J connectivity index is 1.76. The molecule has 116 valence electrons. The van der Waals surface area contributed by atoms with Crippen LogP contribution in [0, 0.1) is 16.7 Å². The minimum absolute atomic E-state index is 0.386. The lowest BCUT2D eigenvalue weighted by atomic mass is 9.68. The molecular formula is C19H29NO. The van der Waals surface area contributed by atoms with Crippen molar-refractivity contribution in [1.29, 1.82) is 0 Å². The zero-order chi connectivity index (χ0) is 15.3. The molecule has 2 bridgehead atoms. The van der Waals surface area contributed by atoms with Gasteiger partial charge in [0.05, 0.1) is 7.11 Å². The fourth-order valence-corrected chi connectivity index (χ4v) is 4.96. The molecule has 1 unspecified atom stereocenters. The lowest BCUT2D eigenvalue weighted by Crippen LogP contribution is -2.50. The summed E-state index contributed by atoms with van der Waals surface area (Å²) in [6, 6.07) is 9.47. The van der Waals surface area contributed by atoms with E-state index in [1.165, 1.54) is 24.8 Å². The fourth-order valence-electron chi connectivity index (χ4n) is 4.96. The van der Waals surface area contributed by atoms with E-state index >= 15 is 0 Å². The molecule has 2 aliphatic carbocycles. The van der Waals surface area contributed by atoms with E-state index in [4.69, 9.17) is 4.74 Å². The molecule has 0 radical (unpaired) electrons. The molecule has 2 saturated carbocycles. The van der Waals surface area contributed by atoms with E-state index in [-0.39, 0.29) is 0 Å². The second-order valence-corrected chi connectivity index (χ2v) is 8.01. The van der Waals surface area contributed by atoms with Gasteiger partial charge in [-0.1, -0.05) is 32.9 Å². The third-order valence-corrected chi connectivity index (χ3v) is 6.30. The number of methoxy groups -OCH3 is 1. The first-order valence-corrected chi connectivity index (χ1v) is 8.27. The highest BCUT2D eigenvalue weighted by Crippen LogP contribution is 2.62. The topological polar surface area (TPSA) is 21.3 Å². The molecule has 0 aromatic heterocycles. The number of hydrogen-bond donors (Lipinski definition) is 1. The lowest BCUT2D eigenvalue weighted by Gasteiger charge is -2.44. The van der Waals surface area contributed by atoms with Crippen molar-refractivity contribution in [3.05, 3.63) is 29.8 Å². The molecule has 0 saturated heterocycles. The molecule has 1 N–H and O–H groups in total. The van der Waals surface area contributed by atoms with Crippen molar-refractivity contribution >= 4 is 0 Å². The molecule has 2 nitrogen and oxygen atoms in total. The Kier molecular flexibility index (Phi) is 3.56. The molecule has 0 amide bonds. The van der Waals surface area contributed by atoms with Gasteiger partial charge < -0.3 is 10.1 Å². The molecule has 2 fully saturated rings. The van der Waals surface area contributed by atoms with Gasteiger partial charge in [0.15, 0.2) is 0 Å². The molecule has 0 aliphatic heterocycles. The Morgan fingerprint density at radius 1 is 1.19 bits per heavy atom. The predicted octanol–water partition coefficient (Wildman–Crippen LogP) is 4.56. The second kappa shape index (κ2) is 5.01. The Morgan fingerprint density at radius 3 is 2.38 bits per heavy atom. The summed E-state index contributed by atoms with van der Waals surface area (Å²) >= 11 is 0. The molecule has 2 aliphatic rings. The number of fused-ring (bicyclic) bond motifs is 2. The van der Waals surface area contributed by atoms with E-state index in [1.54, 1.807) is 7.11 Å². The quantitative estimate of drug-likeness (QED) is 0.876. The van der Waals surface area contributed by atoms with Gasteiger partial charge in [-0.3, -0.25) is 0 Å². The van der Waals surface area contributed by atoms with Gasteiger partial charge in [0.2, 0.25) is 0 Å². The Labute approximate surface area is 129 Å². The summed E-state index contributed by atoms with van der Waals surface area (Å²) in [5.41, 5.74) is 2.24. The molecule has 4 atom stereocenters. The number of nitrogens with one attached hydrogen (secondary N) is 1. The van der Waals surface area contributed by atoms with E-state index in [1.807, 2.05) is 0 Å². The van der Waals surface area contributed by atoms with Crippen LogP contribution >= 0.6 is 0 Å². The monoisotopic (exact) mass is 287 g/mol. The number of hydrogen-bond acceptors (Lipinski definition) is 2. The largest absolute Gasteiger partial charge is 0.497 e. The molecule has 1 aromatic rings. The summed E-state index contributed by atoms with van der Waals surface area (Å²) in [5, 5.41) is 3.95. The second-order valence-electron chi connectivity index (χ2n) is 8.01. The van der Waals surface area contributed by atoms with Crippen LogP contribution in [0.3, 0.4) is 0 Å². The van der Waals surface area contributed by atoms with Gasteiger partial charge in [0.1, 0.15) is 5.75 Å². The van der Waals surface area contributed by atoms with Crippen molar-refractivity contribution in [2.75, 3.05) is 7.11 Å². The standard InChI is InChI=1S/C19H29NO/c1-13(14-6-8-16(21-5)9-7-14)20-17-18(2,3)15-10-11-19(17,4)12-15/h6-9,13,15,17,20H,10-12H2,1-5H3/t13-,15-,17?,19+/m0/s1. The van der Waals surface area contributed by atoms with Crippen LogP contribution in [0.15, 0.2) is 24.3 Å². The SMILES string of the molecule is COc1ccc([C@H](C)NC2C(C)(C)[C@H]3CC[C@]2(C)C3)cc1. The zero-order valence-electron chi connectivity index (χ0n) is 14.1. The van der Waals surface area contributed by atoms with Crippen molar-refractivity contribution in [2.24, 2.45) is 16.7 Å². The Morgan fingerprint density at radius 2 is 1.86 bits per heavy atom. The summed E-state index contributed by atoms with van der Waals surface area (Å²) in [6.45, 7) is 9.69. The van der Waals surface area contributed by atoms with Gasteiger partial charge >= 0.3 is 0 Å². The summed E-state index contributed by atoms with van der Waals surface area (Å²) in [7, 11) is 1.72. The summed E-state index contributed by atoms with van der Waals surface area (Å²) in [6.07, 6.45) is 4.19. The number of rotatable bonds is 4. The minimum atomic E-state index is 0.386.